The minimum Gasteiger partial charge on any atom is -0.464 e. The first-order chi connectivity index (χ1) is 9.76. The molecule has 3 rings (SSSR count). The van der Waals surface area contributed by atoms with Gasteiger partial charge in [0.25, 0.3) is 0 Å². The van der Waals surface area contributed by atoms with Crippen molar-refractivity contribution in [2.45, 2.75) is 44.7 Å². The predicted molar refractivity (Wildman–Crippen MR) is 81.7 cm³/mol. The maximum atomic E-state index is 5.94. The van der Waals surface area contributed by atoms with E-state index < -0.39 is 0 Å². The van der Waals surface area contributed by atoms with Gasteiger partial charge in [-0.3, -0.25) is 4.90 Å². The lowest BCUT2D eigenvalue weighted by Crippen LogP contribution is -2.42. The topological polar surface area (TPSA) is 28.4 Å². The largest absolute Gasteiger partial charge is 0.464 e. The number of furan rings is 1. The molecule has 3 heteroatoms. The third-order valence-corrected chi connectivity index (χ3v) is 4.70. The summed E-state index contributed by atoms with van der Waals surface area (Å²) in [6, 6.07) is 4.93. The average Bonchev–Trinajstić information content (AvgIpc) is 3.01. The fraction of sp³-hybridized carbons (Fsp3) is 0.647. The molecule has 1 aromatic rings. The monoisotopic (exact) mass is 274 g/mol. The molecule has 1 aliphatic carbocycles. The van der Waals surface area contributed by atoms with Gasteiger partial charge in [0.2, 0.25) is 0 Å². The summed E-state index contributed by atoms with van der Waals surface area (Å²) in [5.41, 5.74) is 0. The molecule has 1 N–H and O–H groups in total. The van der Waals surface area contributed by atoms with Gasteiger partial charge in [-0.2, -0.15) is 0 Å². The maximum Gasteiger partial charge on any atom is 0.117 e. The molecule has 0 radical (unpaired) electrons. The summed E-state index contributed by atoms with van der Waals surface area (Å²) < 4.78 is 5.94. The lowest BCUT2D eigenvalue weighted by atomic mass is 10.1. The van der Waals surface area contributed by atoms with Gasteiger partial charge in [0.15, 0.2) is 0 Å². The van der Waals surface area contributed by atoms with Crippen LogP contribution in [0.15, 0.2) is 29.2 Å². The Labute approximate surface area is 122 Å². The zero-order valence-electron chi connectivity index (χ0n) is 12.5. The molecule has 0 bridgehead atoms. The highest BCUT2D eigenvalue weighted by Gasteiger charge is 2.36. The lowest BCUT2D eigenvalue weighted by molar-refractivity contribution is 0.212. The summed E-state index contributed by atoms with van der Waals surface area (Å²) in [5.74, 6) is 3.78. The molecule has 2 fully saturated rings. The first kappa shape index (κ1) is 13.9. The first-order valence-electron chi connectivity index (χ1n) is 7.91. The van der Waals surface area contributed by atoms with Crippen LogP contribution in [-0.4, -0.2) is 30.6 Å². The number of rotatable bonds is 6. The molecule has 20 heavy (non-hydrogen) atoms. The van der Waals surface area contributed by atoms with Crippen molar-refractivity contribution in [1.82, 2.24) is 10.2 Å². The Morgan fingerprint density at radius 1 is 1.40 bits per heavy atom. The predicted octanol–water partition coefficient (Wildman–Crippen LogP) is 3.14. The number of likely N-dealkylation sites (tertiary alicyclic amines) is 1. The van der Waals surface area contributed by atoms with Gasteiger partial charge in [0, 0.05) is 18.5 Å². The van der Waals surface area contributed by atoms with Crippen molar-refractivity contribution in [3.05, 3.63) is 36.3 Å². The van der Waals surface area contributed by atoms with E-state index in [-0.39, 0.29) is 0 Å². The molecular formula is C17H26N2O. The van der Waals surface area contributed by atoms with Crippen LogP contribution in [-0.2, 0) is 6.54 Å². The van der Waals surface area contributed by atoms with E-state index in [0.29, 0.717) is 12.0 Å². The molecule has 2 atom stereocenters. The minimum absolute atomic E-state index is 0.629. The summed E-state index contributed by atoms with van der Waals surface area (Å²) in [6.45, 7) is 10.3. The van der Waals surface area contributed by atoms with Crippen molar-refractivity contribution in [1.29, 1.82) is 0 Å². The van der Waals surface area contributed by atoms with E-state index in [4.69, 9.17) is 4.42 Å². The second-order valence-corrected chi connectivity index (χ2v) is 6.37. The van der Waals surface area contributed by atoms with Crippen molar-refractivity contribution in [2.75, 3.05) is 19.6 Å². The van der Waals surface area contributed by atoms with Crippen LogP contribution < -0.4 is 5.32 Å². The quantitative estimate of drug-likeness (QED) is 0.808. The van der Waals surface area contributed by atoms with Crippen LogP contribution in [0.4, 0.5) is 0 Å². The van der Waals surface area contributed by atoms with Crippen LogP contribution in [0.5, 0.6) is 0 Å². The number of nitrogens with one attached hydrogen (secondary N) is 1. The van der Waals surface area contributed by atoms with Gasteiger partial charge < -0.3 is 9.73 Å². The lowest BCUT2D eigenvalue weighted by Gasteiger charge is -2.31. The Morgan fingerprint density at radius 3 is 2.80 bits per heavy atom. The molecule has 2 heterocycles. The molecule has 3 nitrogen and oxygen atoms in total. The van der Waals surface area contributed by atoms with Crippen LogP contribution in [0, 0.1) is 5.92 Å². The number of hydrogen-bond donors (Lipinski definition) is 1. The first-order valence-corrected chi connectivity index (χ1v) is 7.91. The fourth-order valence-electron chi connectivity index (χ4n) is 3.15. The van der Waals surface area contributed by atoms with Gasteiger partial charge in [-0.1, -0.05) is 13.0 Å². The van der Waals surface area contributed by atoms with E-state index in [2.05, 4.69) is 35.9 Å². The van der Waals surface area contributed by atoms with E-state index in [9.17, 15) is 0 Å². The summed E-state index contributed by atoms with van der Waals surface area (Å²) in [5, 5.41) is 3.64. The standard InChI is InChI=1S/C17H26N2O/c1-3-8-19-9-6-14(7-10-19)18-12-15-4-5-17(20-15)16-11-13(16)2/h3-5,13-14,16,18H,1,6-12H2,2H3. The summed E-state index contributed by atoms with van der Waals surface area (Å²) in [7, 11) is 0. The van der Waals surface area contributed by atoms with Gasteiger partial charge >= 0.3 is 0 Å². The minimum atomic E-state index is 0.629. The number of hydrogen-bond acceptors (Lipinski definition) is 3. The number of nitrogens with zero attached hydrogens (tertiary/aromatic N) is 1. The highest BCUT2D eigenvalue weighted by Crippen LogP contribution is 2.47. The van der Waals surface area contributed by atoms with Crippen molar-refractivity contribution in [3.63, 3.8) is 0 Å². The molecule has 0 amide bonds. The van der Waals surface area contributed by atoms with E-state index in [1.807, 2.05) is 6.08 Å². The smallest absolute Gasteiger partial charge is 0.117 e. The Bertz CT molecular complexity index is 446. The third-order valence-electron chi connectivity index (χ3n) is 4.70. The Hall–Kier alpha value is -1.06. The fourth-order valence-corrected chi connectivity index (χ4v) is 3.15. The highest BCUT2D eigenvalue weighted by molar-refractivity contribution is 5.17. The third kappa shape index (κ3) is 3.33. The summed E-state index contributed by atoms with van der Waals surface area (Å²) in [6.07, 6.45) is 5.74. The Kier molecular flexibility index (Phi) is 4.27. The molecule has 1 aromatic heterocycles. The maximum absolute atomic E-state index is 5.94. The van der Waals surface area contributed by atoms with Crippen molar-refractivity contribution in [2.24, 2.45) is 5.92 Å². The van der Waals surface area contributed by atoms with E-state index >= 15 is 0 Å². The van der Waals surface area contributed by atoms with Crippen molar-refractivity contribution in [3.8, 4) is 0 Å². The van der Waals surface area contributed by atoms with Gasteiger partial charge in [0.05, 0.1) is 6.54 Å². The zero-order valence-corrected chi connectivity index (χ0v) is 12.5. The molecule has 0 spiro atoms. The molecule has 2 aliphatic rings. The van der Waals surface area contributed by atoms with Crippen molar-refractivity contribution < 1.29 is 4.42 Å². The summed E-state index contributed by atoms with van der Waals surface area (Å²) in [4.78, 5) is 2.46. The molecule has 1 saturated carbocycles. The Morgan fingerprint density at radius 2 is 2.15 bits per heavy atom. The van der Waals surface area contributed by atoms with Crippen LogP contribution in [0.1, 0.15) is 43.6 Å². The van der Waals surface area contributed by atoms with Crippen LogP contribution in [0.2, 0.25) is 0 Å². The zero-order chi connectivity index (χ0) is 13.9. The van der Waals surface area contributed by atoms with E-state index in [0.717, 1.165) is 24.8 Å². The van der Waals surface area contributed by atoms with E-state index in [1.54, 1.807) is 0 Å². The van der Waals surface area contributed by atoms with Crippen molar-refractivity contribution >= 4 is 0 Å². The van der Waals surface area contributed by atoms with E-state index in [1.165, 1.54) is 38.1 Å². The molecule has 0 aromatic carbocycles. The van der Waals surface area contributed by atoms with Gasteiger partial charge in [-0.15, -0.1) is 6.58 Å². The molecular weight excluding hydrogens is 248 g/mol. The second kappa shape index (κ2) is 6.15. The average molecular weight is 274 g/mol. The second-order valence-electron chi connectivity index (χ2n) is 6.37. The number of piperidine rings is 1. The molecule has 2 unspecified atom stereocenters. The van der Waals surface area contributed by atoms with Gasteiger partial charge in [0.1, 0.15) is 11.5 Å². The molecule has 110 valence electrons. The highest BCUT2D eigenvalue weighted by atomic mass is 16.3. The normalized spacial score (nSPS) is 27.6. The van der Waals surface area contributed by atoms with Crippen LogP contribution in [0.3, 0.4) is 0 Å². The SMILES string of the molecule is C=CCN1CCC(NCc2ccc(C3CC3C)o2)CC1. The molecule has 1 saturated heterocycles. The van der Waals surface area contributed by atoms with Crippen LogP contribution >= 0.6 is 0 Å². The van der Waals surface area contributed by atoms with Gasteiger partial charge in [-0.25, -0.2) is 0 Å². The summed E-state index contributed by atoms with van der Waals surface area (Å²) >= 11 is 0. The van der Waals surface area contributed by atoms with Gasteiger partial charge in [-0.05, 0) is 50.4 Å². The van der Waals surface area contributed by atoms with Crippen LogP contribution in [0.25, 0.3) is 0 Å². The molecule has 1 aliphatic heterocycles. The Balaban J connectivity index is 1.41.